The summed E-state index contributed by atoms with van der Waals surface area (Å²) in [6.45, 7) is 7.39. The number of carbonyl (C=O) groups excluding carboxylic acids is 2. The van der Waals surface area contributed by atoms with Crippen LogP contribution in [0.25, 0.3) is 0 Å². The predicted octanol–water partition coefficient (Wildman–Crippen LogP) is 5.49. The molecule has 0 fully saturated rings. The fraction of sp³-hybridized carbons (Fsp3) is 0.333. The van der Waals surface area contributed by atoms with E-state index in [4.69, 9.17) is 11.6 Å². The highest BCUT2D eigenvalue weighted by atomic mass is 35.5. The molecule has 0 aromatic heterocycles. The van der Waals surface area contributed by atoms with Crippen LogP contribution in [0.15, 0.2) is 77.7 Å². The molecule has 2 amide bonds. The normalized spacial score (nSPS) is 12.0. The van der Waals surface area contributed by atoms with Crippen LogP contribution in [0.3, 0.4) is 0 Å². The predicted molar refractivity (Wildman–Crippen MR) is 156 cm³/mol. The summed E-state index contributed by atoms with van der Waals surface area (Å²) in [5, 5.41) is 3.33. The summed E-state index contributed by atoms with van der Waals surface area (Å²) in [6.07, 6.45) is 1.73. The molecule has 0 spiro atoms. The summed E-state index contributed by atoms with van der Waals surface area (Å²) < 4.78 is 28.9. The Morgan fingerprint density at radius 3 is 2.31 bits per heavy atom. The first-order valence-electron chi connectivity index (χ1n) is 13.0. The number of carbonyl (C=O) groups is 2. The Labute approximate surface area is 236 Å². The number of halogens is 1. The Balaban J connectivity index is 2.04. The molecular weight excluding hydrogens is 534 g/mol. The lowest BCUT2D eigenvalue weighted by Gasteiger charge is -2.32. The minimum absolute atomic E-state index is 0.0485. The van der Waals surface area contributed by atoms with Crippen LogP contribution in [0, 0.1) is 13.8 Å². The fourth-order valence-electron chi connectivity index (χ4n) is 4.15. The van der Waals surface area contributed by atoms with Crippen LogP contribution in [0.5, 0.6) is 0 Å². The SMILES string of the molecule is CCCCNC(=O)C(C)N(Cc1ccccc1Cl)C(=O)CN(c1cc(C)ccc1C)S(=O)(=O)c1ccccc1. The molecule has 3 aromatic rings. The largest absolute Gasteiger partial charge is 0.354 e. The van der Waals surface area contributed by atoms with Crippen molar-refractivity contribution in [1.29, 1.82) is 0 Å². The molecule has 0 aliphatic carbocycles. The number of rotatable bonds is 12. The number of aryl methyl sites for hydroxylation is 2. The van der Waals surface area contributed by atoms with E-state index in [0.717, 1.165) is 22.7 Å². The molecule has 39 heavy (non-hydrogen) atoms. The molecule has 1 N–H and O–H groups in total. The summed E-state index contributed by atoms with van der Waals surface area (Å²) >= 11 is 6.41. The second-order valence-corrected chi connectivity index (χ2v) is 11.8. The third-order valence-corrected chi connectivity index (χ3v) is 8.68. The molecule has 1 atom stereocenters. The first-order chi connectivity index (χ1) is 18.6. The van der Waals surface area contributed by atoms with Crippen LogP contribution in [-0.2, 0) is 26.2 Å². The van der Waals surface area contributed by atoms with E-state index in [-0.39, 0.29) is 17.3 Å². The maximum Gasteiger partial charge on any atom is 0.264 e. The quantitative estimate of drug-likeness (QED) is 0.292. The van der Waals surface area contributed by atoms with Crippen molar-refractivity contribution in [1.82, 2.24) is 10.2 Å². The van der Waals surface area contributed by atoms with Crippen LogP contribution in [-0.4, -0.2) is 44.3 Å². The highest BCUT2D eigenvalue weighted by Gasteiger charge is 2.33. The van der Waals surface area contributed by atoms with E-state index in [1.54, 1.807) is 62.4 Å². The van der Waals surface area contributed by atoms with Crippen molar-refractivity contribution in [3.05, 3.63) is 94.5 Å². The third-order valence-electron chi connectivity index (χ3n) is 6.54. The number of sulfonamides is 1. The average molecular weight is 570 g/mol. The maximum absolute atomic E-state index is 14.0. The van der Waals surface area contributed by atoms with E-state index >= 15 is 0 Å². The summed E-state index contributed by atoms with van der Waals surface area (Å²) in [6, 6.07) is 19.7. The molecule has 1 unspecified atom stereocenters. The van der Waals surface area contributed by atoms with Crippen molar-refractivity contribution in [3.8, 4) is 0 Å². The summed E-state index contributed by atoms with van der Waals surface area (Å²) in [7, 11) is -4.11. The van der Waals surface area contributed by atoms with Crippen LogP contribution in [0.2, 0.25) is 5.02 Å². The molecule has 9 heteroatoms. The van der Waals surface area contributed by atoms with Gasteiger partial charge in [-0.2, -0.15) is 0 Å². The number of anilines is 1. The second-order valence-electron chi connectivity index (χ2n) is 9.55. The van der Waals surface area contributed by atoms with Gasteiger partial charge in [0.2, 0.25) is 11.8 Å². The minimum atomic E-state index is -4.11. The third kappa shape index (κ3) is 7.61. The van der Waals surface area contributed by atoms with E-state index in [9.17, 15) is 18.0 Å². The van der Waals surface area contributed by atoms with Gasteiger partial charge in [-0.05, 0) is 68.1 Å². The van der Waals surface area contributed by atoms with Crippen molar-refractivity contribution in [2.24, 2.45) is 0 Å². The molecule has 0 aliphatic rings. The Hall–Kier alpha value is -3.36. The number of unbranched alkanes of at least 4 members (excludes halogenated alkanes) is 1. The molecule has 0 saturated carbocycles. The van der Waals surface area contributed by atoms with Crippen LogP contribution < -0.4 is 9.62 Å². The lowest BCUT2D eigenvalue weighted by molar-refractivity contribution is -0.139. The van der Waals surface area contributed by atoms with Crippen LogP contribution in [0.1, 0.15) is 43.4 Å². The molecule has 208 valence electrons. The van der Waals surface area contributed by atoms with E-state index in [0.29, 0.717) is 28.4 Å². The molecule has 3 aromatic carbocycles. The molecule has 7 nitrogen and oxygen atoms in total. The molecule has 3 rings (SSSR count). The number of amides is 2. The molecule has 0 radical (unpaired) electrons. The zero-order chi connectivity index (χ0) is 28.6. The van der Waals surface area contributed by atoms with E-state index in [1.807, 2.05) is 26.0 Å². The van der Waals surface area contributed by atoms with Gasteiger partial charge in [-0.25, -0.2) is 8.42 Å². The second kappa shape index (κ2) is 13.6. The number of benzene rings is 3. The summed E-state index contributed by atoms with van der Waals surface area (Å²) in [4.78, 5) is 28.5. The molecular formula is C30H36ClN3O4S. The Morgan fingerprint density at radius 2 is 1.64 bits per heavy atom. The number of hydrogen-bond donors (Lipinski definition) is 1. The van der Waals surface area contributed by atoms with Crippen molar-refractivity contribution in [2.75, 3.05) is 17.4 Å². The first-order valence-corrected chi connectivity index (χ1v) is 14.8. The maximum atomic E-state index is 14.0. The monoisotopic (exact) mass is 569 g/mol. The fourth-order valence-corrected chi connectivity index (χ4v) is 5.84. The van der Waals surface area contributed by atoms with Gasteiger partial charge in [-0.15, -0.1) is 0 Å². The van der Waals surface area contributed by atoms with Gasteiger partial charge >= 0.3 is 0 Å². The van der Waals surface area contributed by atoms with E-state index in [2.05, 4.69) is 5.32 Å². The summed E-state index contributed by atoms with van der Waals surface area (Å²) in [5.74, 6) is -0.832. The lowest BCUT2D eigenvalue weighted by atomic mass is 10.1. The van der Waals surface area contributed by atoms with Crippen LogP contribution in [0.4, 0.5) is 5.69 Å². The number of nitrogens with one attached hydrogen (secondary N) is 1. The molecule has 0 aliphatic heterocycles. The van der Waals surface area contributed by atoms with Gasteiger partial charge in [0.1, 0.15) is 12.6 Å². The smallest absolute Gasteiger partial charge is 0.264 e. The Morgan fingerprint density at radius 1 is 0.974 bits per heavy atom. The average Bonchev–Trinajstić information content (AvgIpc) is 2.92. The van der Waals surface area contributed by atoms with Crippen molar-refractivity contribution < 1.29 is 18.0 Å². The van der Waals surface area contributed by atoms with Gasteiger partial charge in [-0.3, -0.25) is 13.9 Å². The first kappa shape index (κ1) is 30.2. The van der Waals surface area contributed by atoms with E-state index in [1.165, 1.54) is 17.0 Å². The van der Waals surface area contributed by atoms with Crippen molar-refractivity contribution >= 4 is 39.1 Å². The minimum Gasteiger partial charge on any atom is -0.354 e. The van der Waals surface area contributed by atoms with Gasteiger partial charge in [0, 0.05) is 18.1 Å². The van der Waals surface area contributed by atoms with Gasteiger partial charge in [0.15, 0.2) is 0 Å². The van der Waals surface area contributed by atoms with Crippen molar-refractivity contribution in [2.45, 2.75) is 58.0 Å². The number of hydrogen-bond acceptors (Lipinski definition) is 4. The highest BCUT2D eigenvalue weighted by Crippen LogP contribution is 2.29. The van der Waals surface area contributed by atoms with Gasteiger partial charge in [0.25, 0.3) is 10.0 Å². The zero-order valence-corrected chi connectivity index (χ0v) is 24.4. The Kier molecular flexibility index (Phi) is 10.5. The molecule has 0 saturated heterocycles. The summed E-state index contributed by atoms with van der Waals surface area (Å²) in [5.41, 5.74) is 2.62. The Bertz CT molecular complexity index is 1400. The highest BCUT2D eigenvalue weighted by molar-refractivity contribution is 7.92. The van der Waals surface area contributed by atoms with Gasteiger partial charge in [-0.1, -0.05) is 73.5 Å². The van der Waals surface area contributed by atoms with Crippen molar-refractivity contribution in [3.63, 3.8) is 0 Å². The number of nitrogens with zero attached hydrogens (tertiary/aromatic N) is 2. The standard InChI is InChI=1S/C30H36ClN3O4S/c1-5-6-18-32-30(36)24(4)33(20-25-12-10-11-15-27(25)31)29(35)21-34(28-19-22(2)16-17-23(28)3)39(37,38)26-13-8-7-9-14-26/h7-17,19,24H,5-6,18,20-21H2,1-4H3,(H,32,36). The van der Waals surface area contributed by atoms with Gasteiger partial charge in [0.05, 0.1) is 10.6 Å². The zero-order valence-electron chi connectivity index (χ0n) is 22.9. The topological polar surface area (TPSA) is 86.8 Å². The molecule has 0 heterocycles. The molecule has 0 bridgehead atoms. The van der Waals surface area contributed by atoms with Gasteiger partial charge < -0.3 is 10.2 Å². The lowest BCUT2D eigenvalue weighted by Crippen LogP contribution is -2.51. The van der Waals surface area contributed by atoms with E-state index < -0.39 is 28.5 Å². The van der Waals surface area contributed by atoms with Crippen LogP contribution >= 0.6 is 11.6 Å².